The van der Waals surface area contributed by atoms with E-state index in [1.165, 1.54) is 44.6 Å². The van der Waals surface area contributed by atoms with Crippen LogP contribution >= 0.6 is 0 Å². The summed E-state index contributed by atoms with van der Waals surface area (Å²) in [5.74, 6) is 1.90. The molecule has 0 fully saturated rings. The van der Waals surface area contributed by atoms with E-state index in [2.05, 4.69) is 99.1 Å². The standard InChI is InChI=1S/C28H28N2/c1-18(2)23-10-7-11-24(19(3)4)27(23)30-15-14-29-28(30)22-13-12-21-16-20-8-5-6-9-25(20)26(21)17-22/h5-15,17-19H,16H2,1-4H3. The molecule has 0 atom stereocenters. The molecule has 2 nitrogen and oxygen atoms in total. The van der Waals surface area contributed by atoms with Crippen LogP contribution in [0.25, 0.3) is 28.2 Å². The minimum Gasteiger partial charge on any atom is -0.299 e. The van der Waals surface area contributed by atoms with Crippen molar-refractivity contribution in [1.82, 2.24) is 9.55 Å². The first-order valence-electron chi connectivity index (χ1n) is 10.9. The lowest BCUT2D eigenvalue weighted by Crippen LogP contribution is -2.07. The fourth-order valence-electron chi connectivity index (χ4n) is 4.75. The molecule has 150 valence electrons. The van der Waals surface area contributed by atoms with Crippen molar-refractivity contribution in [3.8, 4) is 28.2 Å². The molecular weight excluding hydrogens is 364 g/mol. The fraction of sp³-hybridized carbons (Fsp3) is 0.250. The first kappa shape index (κ1) is 18.9. The number of hydrogen-bond donors (Lipinski definition) is 0. The number of nitrogens with zero attached hydrogens (tertiary/aromatic N) is 2. The van der Waals surface area contributed by atoms with Gasteiger partial charge in [-0.2, -0.15) is 0 Å². The maximum Gasteiger partial charge on any atom is 0.144 e. The SMILES string of the molecule is CC(C)c1cccc(C(C)C)c1-n1ccnc1-c1ccc2c(c1)-c1ccccc1C2. The third-order valence-electron chi connectivity index (χ3n) is 6.28. The van der Waals surface area contributed by atoms with Crippen molar-refractivity contribution in [2.45, 2.75) is 46.0 Å². The average Bonchev–Trinajstić information content (AvgIpc) is 3.37. The number of rotatable bonds is 4. The Morgan fingerprint density at radius 2 is 1.47 bits per heavy atom. The zero-order valence-corrected chi connectivity index (χ0v) is 18.2. The summed E-state index contributed by atoms with van der Waals surface area (Å²) in [5.41, 5.74) is 10.7. The predicted octanol–water partition coefficient (Wildman–Crippen LogP) is 7.36. The Bertz CT molecular complexity index is 1200. The van der Waals surface area contributed by atoms with E-state index in [4.69, 9.17) is 4.98 Å². The summed E-state index contributed by atoms with van der Waals surface area (Å²) in [7, 11) is 0. The minimum atomic E-state index is 0.445. The lowest BCUT2D eigenvalue weighted by Gasteiger charge is -2.22. The topological polar surface area (TPSA) is 17.8 Å². The van der Waals surface area contributed by atoms with Gasteiger partial charge in [0.05, 0.1) is 5.69 Å². The molecule has 30 heavy (non-hydrogen) atoms. The first-order chi connectivity index (χ1) is 14.5. The summed E-state index contributed by atoms with van der Waals surface area (Å²) in [5, 5.41) is 0. The lowest BCUT2D eigenvalue weighted by atomic mass is 9.92. The highest BCUT2D eigenvalue weighted by atomic mass is 15.1. The highest BCUT2D eigenvalue weighted by Gasteiger charge is 2.21. The van der Waals surface area contributed by atoms with Gasteiger partial charge in [-0.3, -0.25) is 4.57 Å². The van der Waals surface area contributed by atoms with Crippen LogP contribution in [0.1, 0.15) is 61.8 Å². The average molecular weight is 393 g/mol. The van der Waals surface area contributed by atoms with E-state index in [0.29, 0.717) is 11.8 Å². The molecule has 3 aromatic carbocycles. The second-order valence-electron chi connectivity index (χ2n) is 8.92. The molecule has 0 saturated heterocycles. The molecule has 1 aliphatic carbocycles. The van der Waals surface area contributed by atoms with Gasteiger partial charge in [0.2, 0.25) is 0 Å². The van der Waals surface area contributed by atoms with Crippen LogP contribution in [0.2, 0.25) is 0 Å². The molecule has 0 bridgehead atoms. The third kappa shape index (κ3) is 2.99. The van der Waals surface area contributed by atoms with Crippen LogP contribution in [0, 0.1) is 0 Å². The van der Waals surface area contributed by atoms with E-state index in [0.717, 1.165) is 12.2 Å². The van der Waals surface area contributed by atoms with Crippen LogP contribution in [0.5, 0.6) is 0 Å². The molecule has 0 N–H and O–H groups in total. The molecule has 1 aliphatic rings. The molecule has 0 spiro atoms. The van der Waals surface area contributed by atoms with Crippen molar-refractivity contribution in [3.05, 3.63) is 95.3 Å². The molecule has 5 rings (SSSR count). The van der Waals surface area contributed by atoms with Crippen molar-refractivity contribution in [1.29, 1.82) is 0 Å². The second-order valence-corrected chi connectivity index (χ2v) is 8.92. The molecule has 0 aliphatic heterocycles. The maximum absolute atomic E-state index is 4.81. The molecule has 2 heteroatoms. The number of fused-ring (bicyclic) bond motifs is 3. The van der Waals surface area contributed by atoms with Crippen LogP contribution in [0.15, 0.2) is 73.1 Å². The zero-order valence-electron chi connectivity index (χ0n) is 18.2. The fourth-order valence-corrected chi connectivity index (χ4v) is 4.75. The van der Waals surface area contributed by atoms with Crippen LogP contribution in [-0.4, -0.2) is 9.55 Å². The van der Waals surface area contributed by atoms with E-state index in [-0.39, 0.29) is 0 Å². The molecule has 1 heterocycles. The number of hydrogen-bond acceptors (Lipinski definition) is 1. The number of para-hydroxylation sites is 1. The Morgan fingerprint density at radius 3 is 2.20 bits per heavy atom. The minimum absolute atomic E-state index is 0.445. The van der Waals surface area contributed by atoms with Crippen molar-refractivity contribution in [3.63, 3.8) is 0 Å². The Morgan fingerprint density at radius 1 is 0.767 bits per heavy atom. The van der Waals surface area contributed by atoms with E-state index in [1.807, 2.05) is 6.20 Å². The van der Waals surface area contributed by atoms with E-state index in [1.54, 1.807) is 0 Å². The molecular formula is C28H28N2. The third-order valence-corrected chi connectivity index (χ3v) is 6.28. The summed E-state index contributed by atoms with van der Waals surface area (Å²) in [6, 6.07) is 22.3. The first-order valence-corrected chi connectivity index (χ1v) is 10.9. The monoisotopic (exact) mass is 392 g/mol. The summed E-state index contributed by atoms with van der Waals surface area (Å²) in [4.78, 5) is 4.81. The summed E-state index contributed by atoms with van der Waals surface area (Å²) >= 11 is 0. The van der Waals surface area contributed by atoms with E-state index < -0.39 is 0 Å². The van der Waals surface area contributed by atoms with Crippen molar-refractivity contribution in [2.24, 2.45) is 0 Å². The molecule has 1 aromatic heterocycles. The van der Waals surface area contributed by atoms with Gasteiger partial charge < -0.3 is 0 Å². The number of benzene rings is 3. The summed E-state index contributed by atoms with van der Waals surface area (Å²) < 4.78 is 2.30. The van der Waals surface area contributed by atoms with Crippen LogP contribution in [-0.2, 0) is 6.42 Å². The van der Waals surface area contributed by atoms with E-state index in [9.17, 15) is 0 Å². The van der Waals surface area contributed by atoms with Gasteiger partial charge in [0.25, 0.3) is 0 Å². The largest absolute Gasteiger partial charge is 0.299 e. The Labute approximate surface area is 179 Å². The maximum atomic E-state index is 4.81. The number of imidazole rings is 1. The van der Waals surface area contributed by atoms with E-state index >= 15 is 0 Å². The van der Waals surface area contributed by atoms with Gasteiger partial charge >= 0.3 is 0 Å². The van der Waals surface area contributed by atoms with Gasteiger partial charge in [-0.15, -0.1) is 0 Å². The van der Waals surface area contributed by atoms with Gasteiger partial charge in [-0.25, -0.2) is 4.98 Å². The summed E-state index contributed by atoms with van der Waals surface area (Å²) in [6.07, 6.45) is 5.06. The highest BCUT2D eigenvalue weighted by Crippen LogP contribution is 2.39. The van der Waals surface area contributed by atoms with Gasteiger partial charge in [0, 0.05) is 18.0 Å². The molecule has 0 amide bonds. The van der Waals surface area contributed by atoms with Crippen LogP contribution in [0.4, 0.5) is 0 Å². The van der Waals surface area contributed by atoms with Crippen LogP contribution < -0.4 is 0 Å². The Kier molecular flexibility index (Phi) is 4.58. The molecule has 0 radical (unpaired) electrons. The quantitative estimate of drug-likeness (QED) is 0.312. The zero-order chi connectivity index (χ0) is 20.8. The lowest BCUT2D eigenvalue weighted by molar-refractivity contribution is 0.807. The Hall–Kier alpha value is -3.13. The van der Waals surface area contributed by atoms with Gasteiger partial charge in [0.15, 0.2) is 0 Å². The van der Waals surface area contributed by atoms with Crippen molar-refractivity contribution >= 4 is 0 Å². The van der Waals surface area contributed by atoms with Gasteiger partial charge in [-0.1, -0.05) is 82.3 Å². The smallest absolute Gasteiger partial charge is 0.144 e. The molecule has 0 saturated carbocycles. The summed E-state index contributed by atoms with van der Waals surface area (Å²) in [6.45, 7) is 9.08. The normalized spacial score (nSPS) is 12.5. The molecule has 4 aromatic rings. The van der Waals surface area contributed by atoms with Crippen molar-refractivity contribution in [2.75, 3.05) is 0 Å². The second kappa shape index (κ2) is 7.28. The van der Waals surface area contributed by atoms with Gasteiger partial charge in [-0.05, 0) is 57.7 Å². The predicted molar refractivity (Wildman–Crippen MR) is 125 cm³/mol. The van der Waals surface area contributed by atoms with Crippen LogP contribution in [0.3, 0.4) is 0 Å². The highest BCUT2D eigenvalue weighted by molar-refractivity contribution is 5.80. The van der Waals surface area contributed by atoms with Crippen molar-refractivity contribution < 1.29 is 0 Å². The Balaban J connectivity index is 1.69. The molecule has 0 unspecified atom stereocenters. The van der Waals surface area contributed by atoms with Gasteiger partial charge in [0.1, 0.15) is 5.82 Å². The number of aromatic nitrogens is 2.